The zero-order chi connectivity index (χ0) is 21.2. The van der Waals surface area contributed by atoms with E-state index in [0.29, 0.717) is 28.5 Å². The normalized spacial score (nSPS) is 16.0. The third-order valence-electron chi connectivity index (χ3n) is 4.13. The molecule has 0 saturated carbocycles. The van der Waals surface area contributed by atoms with E-state index in [1.807, 2.05) is 37.3 Å². The number of esters is 2. The first-order valence-electron chi connectivity index (χ1n) is 9.26. The van der Waals surface area contributed by atoms with Crippen LogP contribution in [-0.4, -0.2) is 30.9 Å². The van der Waals surface area contributed by atoms with Gasteiger partial charge < -0.3 is 14.8 Å². The van der Waals surface area contributed by atoms with Crippen molar-refractivity contribution in [2.24, 2.45) is 0 Å². The Bertz CT molecular complexity index is 869. The number of allylic oxidation sites excluding steroid dienone is 2. The summed E-state index contributed by atoms with van der Waals surface area (Å²) in [7, 11) is 0. The average Bonchev–Trinajstić information content (AvgIpc) is 2.74. The number of benzene rings is 1. The van der Waals surface area contributed by atoms with Crippen LogP contribution in [0.25, 0.3) is 0 Å². The first-order valence-corrected chi connectivity index (χ1v) is 10.2. The van der Waals surface area contributed by atoms with Crippen molar-refractivity contribution in [3.8, 4) is 6.07 Å². The highest BCUT2D eigenvalue weighted by Crippen LogP contribution is 2.40. The van der Waals surface area contributed by atoms with E-state index in [9.17, 15) is 14.9 Å². The van der Waals surface area contributed by atoms with Crippen molar-refractivity contribution in [2.45, 2.75) is 26.2 Å². The van der Waals surface area contributed by atoms with Crippen LogP contribution in [-0.2, 0) is 19.1 Å². The van der Waals surface area contributed by atoms with Crippen LogP contribution in [0.1, 0.15) is 31.7 Å². The van der Waals surface area contributed by atoms with Crippen molar-refractivity contribution >= 4 is 23.7 Å². The number of nitriles is 1. The van der Waals surface area contributed by atoms with Crippen molar-refractivity contribution in [1.29, 1.82) is 5.26 Å². The minimum atomic E-state index is -0.589. The number of dihydropyridines is 1. The Morgan fingerprint density at radius 3 is 2.66 bits per heavy atom. The van der Waals surface area contributed by atoms with Gasteiger partial charge in [0.15, 0.2) is 0 Å². The summed E-state index contributed by atoms with van der Waals surface area (Å²) in [5.41, 5.74) is 2.10. The van der Waals surface area contributed by atoms with Crippen LogP contribution in [0.15, 0.2) is 64.9 Å². The second-order valence-corrected chi connectivity index (χ2v) is 7.24. The topological polar surface area (TPSA) is 88.4 Å². The fourth-order valence-corrected chi connectivity index (χ4v) is 3.77. The molecular weight excluding hydrogens is 388 g/mol. The molecule has 0 radical (unpaired) electrons. The van der Waals surface area contributed by atoms with E-state index in [1.54, 1.807) is 6.92 Å². The Morgan fingerprint density at radius 1 is 1.31 bits per heavy atom. The molecule has 2 rings (SSSR count). The van der Waals surface area contributed by atoms with Gasteiger partial charge in [0.1, 0.15) is 6.61 Å². The molecule has 0 bridgehead atoms. The van der Waals surface area contributed by atoms with Crippen molar-refractivity contribution in [2.75, 3.05) is 19.0 Å². The van der Waals surface area contributed by atoms with E-state index in [4.69, 9.17) is 9.47 Å². The van der Waals surface area contributed by atoms with Gasteiger partial charge in [-0.3, -0.25) is 4.79 Å². The SMILES string of the molecule is C=CCOC(=O)C1=C(C)NC(SCC(=O)OCCC)=C(C#N)[C@H]1c1ccccc1. The lowest BCUT2D eigenvalue weighted by Crippen LogP contribution is -2.29. The van der Waals surface area contributed by atoms with E-state index >= 15 is 0 Å². The molecule has 1 atom stereocenters. The van der Waals surface area contributed by atoms with Gasteiger partial charge in [-0.15, -0.1) is 0 Å². The molecule has 6 nitrogen and oxygen atoms in total. The highest BCUT2D eigenvalue weighted by atomic mass is 32.2. The van der Waals surface area contributed by atoms with Crippen LogP contribution in [0.2, 0.25) is 0 Å². The quantitative estimate of drug-likeness (QED) is 0.487. The first-order chi connectivity index (χ1) is 14.0. The number of rotatable bonds is 9. The largest absolute Gasteiger partial charge is 0.465 e. The minimum absolute atomic E-state index is 0.0680. The van der Waals surface area contributed by atoms with Gasteiger partial charge in [0.2, 0.25) is 0 Å². The molecule has 1 aromatic carbocycles. The number of ether oxygens (including phenoxy) is 2. The summed E-state index contributed by atoms with van der Waals surface area (Å²) in [5, 5.41) is 13.5. The number of carbonyl (C=O) groups excluding carboxylic acids is 2. The summed E-state index contributed by atoms with van der Waals surface area (Å²) < 4.78 is 10.4. The molecule has 0 unspecified atom stereocenters. The van der Waals surface area contributed by atoms with Crippen molar-refractivity contribution < 1.29 is 19.1 Å². The molecule has 7 heteroatoms. The van der Waals surface area contributed by atoms with Gasteiger partial charge in [0, 0.05) is 5.70 Å². The summed E-state index contributed by atoms with van der Waals surface area (Å²) in [5.74, 6) is -1.38. The standard InChI is InChI=1S/C22H24N2O4S/c1-4-11-27-18(25)14-29-21-17(13-23)20(16-9-7-6-8-10-16)19(15(3)24-21)22(26)28-12-5-2/h5-10,20,24H,2,4,11-12,14H2,1,3H3/t20-/m1/s1. The van der Waals surface area contributed by atoms with E-state index in [1.165, 1.54) is 17.8 Å². The maximum absolute atomic E-state index is 12.7. The highest BCUT2D eigenvalue weighted by Gasteiger charge is 2.35. The molecule has 0 spiro atoms. The molecular formula is C22H24N2O4S. The van der Waals surface area contributed by atoms with Crippen LogP contribution < -0.4 is 5.32 Å². The van der Waals surface area contributed by atoms with Gasteiger partial charge in [-0.2, -0.15) is 5.26 Å². The number of nitrogens with zero attached hydrogens (tertiary/aromatic N) is 1. The smallest absolute Gasteiger partial charge is 0.337 e. The highest BCUT2D eigenvalue weighted by molar-refractivity contribution is 8.03. The summed E-state index contributed by atoms with van der Waals surface area (Å²) in [6.45, 7) is 7.68. The third kappa shape index (κ3) is 5.75. The molecule has 1 aromatic rings. The lowest BCUT2D eigenvalue weighted by atomic mass is 9.82. The molecule has 1 aliphatic heterocycles. The van der Waals surface area contributed by atoms with Crippen molar-refractivity contribution in [1.82, 2.24) is 5.32 Å². The predicted molar refractivity (Wildman–Crippen MR) is 113 cm³/mol. The second-order valence-electron chi connectivity index (χ2n) is 6.26. The molecule has 0 aromatic heterocycles. The van der Waals surface area contributed by atoms with E-state index in [-0.39, 0.29) is 18.3 Å². The van der Waals surface area contributed by atoms with E-state index in [2.05, 4.69) is 18.0 Å². The molecule has 1 N–H and O–H groups in total. The fraction of sp³-hybridized carbons (Fsp3) is 0.318. The van der Waals surface area contributed by atoms with Gasteiger partial charge in [-0.25, -0.2) is 4.79 Å². The van der Waals surface area contributed by atoms with Crippen molar-refractivity contribution in [3.63, 3.8) is 0 Å². The van der Waals surface area contributed by atoms with Crippen LogP contribution in [0, 0.1) is 11.3 Å². The number of carbonyl (C=O) groups is 2. The van der Waals surface area contributed by atoms with Gasteiger partial charge in [0.25, 0.3) is 0 Å². The Morgan fingerprint density at radius 2 is 2.03 bits per heavy atom. The van der Waals surface area contributed by atoms with Crippen molar-refractivity contribution in [3.05, 3.63) is 70.4 Å². The predicted octanol–water partition coefficient (Wildman–Crippen LogP) is 3.80. The zero-order valence-electron chi connectivity index (χ0n) is 16.6. The maximum atomic E-state index is 12.7. The number of nitrogens with one attached hydrogen (secondary N) is 1. The molecule has 0 amide bonds. The Balaban J connectivity index is 2.40. The monoisotopic (exact) mass is 412 g/mol. The number of thioether (sulfide) groups is 1. The molecule has 0 fully saturated rings. The molecule has 152 valence electrons. The first kappa shape index (κ1) is 22.3. The van der Waals surface area contributed by atoms with Gasteiger partial charge in [-0.1, -0.05) is 61.7 Å². The molecule has 0 aliphatic carbocycles. The van der Waals surface area contributed by atoms with Gasteiger partial charge in [-0.05, 0) is 18.9 Å². The molecule has 0 saturated heterocycles. The fourth-order valence-electron chi connectivity index (χ4n) is 2.88. The third-order valence-corrected chi connectivity index (χ3v) is 5.12. The lowest BCUT2D eigenvalue weighted by Gasteiger charge is -2.29. The Hall–Kier alpha value is -2.98. The molecule has 1 heterocycles. The summed E-state index contributed by atoms with van der Waals surface area (Å²) in [6.07, 6.45) is 2.24. The van der Waals surface area contributed by atoms with Gasteiger partial charge in [0.05, 0.1) is 40.5 Å². The van der Waals surface area contributed by atoms with Gasteiger partial charge >= 0.3 is 11.9 Å². The minimum Gasteiger partial charge on any atom is -0.465 e. The molecule has 29 heavy (non-hydrogen) atoms. The summed E-state index contributed by atoms with van der Waals surface area (Å²) in [4.78, 5) is 24.6. The Labute approximate surface area is 175 Å². The maximum Gasteiger partial charge on any atom is 0.337 e. The van der Waals surface area contributed by atoms with Crippen LogP contribution in [0.3, 0.4) is 0 Å². The van der Waals surface area contributed by atoms with E-state index < -0.39 is 11.9 Å². The summed E-state index contributed by atoms with van der Waals surface area (Å²) >= 11 is 1.19. The van der Waals surface area contributed by atoms with Crippen LogP contribution >= 0.6 is 11.8 Å². The summed E-state index contributed by atoms with van der Waals surface area (Å²) in [6, 6.07) is 11.5. The van der Waals surface area contributed by atoms with Crippen LogP contribution in [0.5, 0.6) is 0 Å². The number of hydrogen-bond donors (Lipinski definition) is 1. The average molecular weight is 413 g/mol. The van der Waals surface area contributed by atoms with Crippen LogP contribution in [0.4, 0.5) is 0 Å². The second kappa shape index (κ2) is 11.1. The van der Waals surface area contributed by atoms with E-state index in [0.717, 1.165) is 12.0 Å². The Kier molecular flexibility index (Phi) is 8.56. The number of hydrogen-bond acceptors (Lipinski definition) is 7. The zero-order valence-corrected chi connectivity index (χ0v) is 17.4. The molecule has 1 aliphatic rings. The lowest BCUT2D eigenvalue weighted by molar-refractivity contribution is -0.140.